The maximum absolute atomic E-state index is 9.76. The number of hydrogen-bond donors (Lipinski definition) is 1. The monoisotopic (exact) mass is 219 g/mol. The molecule has 1 fully saturated rings. The molecule has 3 rings (SSSR count). The molecule has 1 N–H and O–H groups in total. The summed E-state index contributed by atoms with van der Waals surface area (Å²) < 4.78 is 5.09. The fourth-order valence-corrected chi connectivity index (χ4v) is 2.35. The Morgan fingerprint density at radius 1 is 1.38 bits per heavy atom. The van der Waals surface area contributed by atoms with E-state index < -0.39 is 0 Å². The summed E-state index contributed by atoms with van der Waals surface area (Å²) >= 11 is 0. The minimum absolute atomic E-state index is 0.326. The van der Waals surface area contributed by atoms with Crippen molar-refractivity contribution >= 4 is 5.57 Å². The van der Waals surface area contributed by atoms with E-state index in [-0.39, 0.29) is 0 Å². The average molecular weight is 219 g/mol. The highest BCUT2D eigenvalue weighted by molar-refractivity contribution is 5.72. The first-order valence-electron chi connectivity index (χ1n) is 5.81. The Kier molecular flexibility index (Phi) is 2.86. The van der Waals surface area contributed by atoms with E-state index in [1.807, 2.05) is 13.8 Å². The summed E-state index contributed by atoms with van der Waals surface area (Å²) in [5.74, 6) is 2.63. The summed E-state index contributed by atoms with van der Waals surface area (Å²) in [6.45, 7) is 6.19. The second-order valence-electron chi connectivity index (χ2n) is 4.00. The molecular weight excluding hydrogens is 202 g/mol. The number of allylic oxidation sites excluding steroid dienone is 3. The third kappa shape index (κ3) is 1.56. The van der Waals surface area contributed by atoms with Gasteiger partial charge in [-0.1, -0.05) is 32.0 Å². The summed E-state index contributed by atoms with van der Waals surface area (Å²) in [6.07, 6.45) is 5.45. The fraction of sp³-hybridized carbons (Fsp3) is 0.462. The van der Waals surface area contributed by atoms with Gasteiger partial charge in [-0.2, -0.15) is 0 Å². The molecule has 3 unspecified atom stereocenters. The lowest BCUT2D eigenvalue weighted by Crippen LogP contribution is -1.96. The van der Waals surface area contributed by atoms with Gasteiger partial charge < -0.3 is 9.63 Å². The summed E-state index contributed by atoms with van der Waals surface area (Å²) in [5, 5.41) is 13.4. The van der Waals surface area contributed by atoms with Crippen LogP contribution in [0.15, 0.2) is 34.7 Å². The minimum Gasteiger partial charge on any atom is -0.508 e. The molecule has 0 aromatic carbocycles. The Hall–Kier alpha value is -1.51. The standard InChI is InChI=1S/C11H11NO2.C2H6/c1-6-7-2-3-8(13)11(10(6)7)9-4-5-12-14-9;1-2/h2-7,10,13H,1H3;1-2H3. The van der Waals surface area contributed by atoms with Gasteiger partial charge in [0.25, 0.3) is 0 Å². The van der Waals surface area contributed by atoms with Gasteiger partial charge in [0.1, 0.15) is 5.76 Å². The van der Waals surface area contributed by atoms with E-state index in [1.165, 1.54) is 0 Å². The second kappa shape index (κ2) is 4.16. The van der Waals surface area contributed by atoms with Crippen LogP contribution in [-0.4, -0.2) is 10.3 Å². The van der Waals surface area contributed by atoms with E-state index in [9.17, 15) is 5.11 Å². The molecule has 86 valence electrons. The highest BCUT2D eigenvalue weighted by atomic mass is 16.5. The Balaban J connectivity index is 0.000000457. The lowest BCUT2D eigenvalue weighted by molar-refractivity contribution is 0.395. The topological polar surface area (TPSA) is 46.3 Å². The molecule has 0 bridgehead atoms. The predicted molar refractivity (Wildman–Crippen MR) is 62.7 cm³/mol. The molecule has 1 heterocycles. The zero-order chi connectivity index (χ0) is 11.7. The van der Waals surface area contributed by atoms with E-state index in [0.717, 1.165) is 5.57 Å². The zero-order valence-corrected chi connectivity index (χ0v) is 9.84. The lowest BCUT2D eigenvalue weighted by atomic mass is 10.0. The summed E-state index contributed by atoms with van der Waals surface area (Å²) in [5.41, 5.74) is 0.919. The Labute approximate surface area is 95.5 Å². The van der Waals surface area contributed by atoms with E-state index in [1.54, 1.807) is 18.3 Å². The van der Waals surface area contributed by atoms with Crippen LogP contribution in [0.1, 0.15) is 26.5 Å². The first-order valence-corrected chi connectivity index (χ1v) is 5.81. The van der Waals surface area contributed by atoms with Crippen LogP contribution in [0.4, 0.5) is 0 Å². The maximum Gasteiger partial charge on any atom is 0.166 e. The summed E-state index contributed by atoms with van der Waals surface area (Å²) in [4.78, 5) is 0. The van der Waals surface area contributed by atoms with Crippen LogP contribution >= 0.6 is 0 Å². The lowest BCUT2D eigenvalue weighted by Gasteiger charge is -2.07. The third-order valence-electron chi connectivity index (χ3n) is 3.24. The first-order chi connectivity index (χ1) is 7.79. The second-order valence-corrected chi connectivity index (χ2v) is 4.00. The molecule has 2 aliphatic rings. The molecule has 3 nitrogen and oxygen atoms in total. The van der Waals surface area contributed by atoms with Crippen LogP contribution in [0.3, 0.4) is 0 Å². The van der Waals surface area contributed by atoms with Gasteiger partial charge in [-0.25, -0.2) is 0 Å². The molecule has 0 amide bonds. The van der Waals surface area contributed by atoms with Gasteiger partial charge in [-0.05, 0) is 17.9 Å². The van der Waals surface area contributed by atoms with Gasteiger partial charge in [0.15, 0.2) is 5.76 Å². The highest BCUT2D eigenvalue weighted by Crippen LogP contribution is 2.57. The molecule has 0 radical (unpaired) electrons. The van der Waals surface area contributed by atoms with Crippen LogP contribution in [0.25, 0.3) is 5.57 Å². The fourth-order valence-electron chi connectivity index (χ4n) is 2.35. The maximum atomic E-state index is 9.76. The van der Waals surface area contributed by atoms with Crippen molar-refractivity contribution < 1.29 is 9.63 Å². The van der Waals surface area contributed by atoms with Gasteiger partial charge in [-0.3, -0.25) is 0 Å². The molecule has 1 aromatic rings. The number of aromatic nitrogens is 1. The van der Waals surface area contributed by atoms with Crippen LogP contribution in [0.2, 0.25) is 0 Å². The molecule has 0 saturated heterocycles. The van der Waals surface area contributed by atoms with Gasteiger partial charge in [0.2, 0.25) is 0 Å². The smallest absolute Gasteiger partial charge is 0.166 e. The molecule has 3 heteroatoms. The Morgan fingerprint density at radius 3 is 2.75 bits per heavy atom. The van der Waals surface area contributed by atoms with Crippen LogP contribution < -0.4 is 0 Å². The van der Waals surface area contributed by atoms with Gasteiger partial charge in [-0.15, -0.1) is 0 Å². The third-order valence-corrected chi connectivity index (χ3v) is 3.24. The zero-order valence-electron chi connectivity index (χ0n) is 9.84. The Morgan fingerprint density at radius 2 is 2.12 bits per heavy atom. The molecular formula is C13H17NO2. The highest BCUT2D eigenvalue weighted by Gasteiger charge is 2.50. The molecule has 0 spiro atoms. The van der Waals surface area contributed by atoms with Gasteiger partial charge >= 0.3 is 0 Å². The van der Waals surface area contributed by atoms with Crippen molar-refractivity contribution in [3.05, 3.63) is 35.9 Å². The Bertz CT molecular complexity index is 417. The molecule has 2 aliphatic carbocycles. The number of hydrogen-bond acceptors (Lipinski definition) is 3. The minimum atomic E-state index is 0.326. The van der Waals surface area contributed by atoms with Crippen LogP contribution in [0.5, 0.6) is 0 Å². The number of fused-ring (bicyclic) bond motifs is 1. The van der Waals surface area contributed by atoms with E-state index in [4.69, 9.17) is 4.52 Å². The van der Waals surface area contributed by atoms with Crippen molar-refractivity contribution in [3.63, 3.8) is 0 Å². The van der Waals surface area contributed by atoms with Crippen molar-refractivity contribution in [1.29, 1.82) is 0 Å². The molecule has 16 heavy (non-hydrogen) atoms. The molecule has 0 aliphatic heterocycles. The quantitative estimate of drug-likeness (QED) is 0.787. The number of aliphatic hydroxyl groups is 1. The van der Waals surface area contributed by atoms with Crippen molar-refractivity contribution in [3.8, 4) is 0 Å². The van der Waals surface area contributed by atoms with Crippen molar-refractivity contribution in [2.24, 2.45) is 17.8 Å². The summed E-state index contributed by atoms with van der Waals surface area (Å²) in [6, 6.07) is 1.80. The van der Waals surface area contributed by atoms with E-state index >= 15 is 0 Å². The number of nitrogens with zero attached hydrogens (tertiary/aromatic N) is 1. The average Bonchev–Trinajstić information content (AvgIpc) is 2.77. The number of aliphatic hydroxyl groups excluding tert-OH is 1. The van der Waals surface area contributed by atoms with E-state index in [2.05, 4.69) is 18.2 Å². The van der Waals surface area contributed by atoms with Gasteiger partial charge in [0, 0.05) is 17.6 Å². The largest absolute Gasteiger partial charge is 0.508 e. The number of rotatable bonds is 1. The van der Waals surface area contributed by atoms with Crippen LogP contribution in [-0.2, 0) is 0 Å². The van der Waals surface area contributed by atoms with Crippen molar-refractivity contribution in [2.45, 2.75) is 20.8 Å². The van der Waals surface area contributed by atoms with Crippen molar-refractivity contribution in [2.75, 3.05) is 0 Å². The van der Waals surface area contributed by atoms with E-state index in [0.29, 0.717) is 29.3 Å². The SMILES string of the molecule is CC.CC1C2C=CC(O)=C(c3ccno3)C12. The van der Waals surface area contributed by atoms with Crippen molar-refractivity contribution in [1.82, 2.24) is 5.16 Å². The van der Waals surface area contributed by atoms with Crippen LogP contribution in [0, 0.1) is 17.8 Å². The molecule has 3 atom stereocenters. The first kappa shape index (κ1) is 11.0. The normalized spacial score (nSPS) is 30.6. The molecule has 1 aromatic heterocycles. The summed E-state index contributed by atoms with van der Waals surface area (Å²) in [7, 11) is 0. The predicted octanol–water partition coefficient (Wildman–Crippen LogP) is 3.42. The van der Waals surface area contributed by atoms with Gasteiger partial charge in [0.05, 0.1) is 6.20 Å². The molecule has 1 saturated carbocycles.